The minimum absolute atomic E-state index is 0.0430. The smallest absolute Gasteiger partial charge is 0.326 e. The quantitative estimate of drug-likeness (QED) is 0.669. The van der Waals surface area contributed by atoms with E-state index in [4.69, 9.17) is 21.8 Å². The summed E-state index contributed by atoms with van der Waals surface area (Å²) in [5.41, 5.74) is -0.0430. The van der Waals surface area contributed by atoms with Crippen LogP contribution in [-0.2, 0) is 4.79 Å². The molecule has 1 amide bonds. The molecule has 0 saturated carbocycles. The second-order valence-electron chi connectivity index (χ2n) is 3.10. The molecule has 0 aliphatic heterocycles. The Balaban J connectivity index is 2.70. The number of nitrogens with zero attached hydrogens (tertiary/aromatic N) is 2. The molecule has 92 valence electrons. The lowest BCUT2D eigenvalue weighted by Gasteiger charge is -2.12. The van der Waals surface area contributed by atoms with Gasteiger partial charge in [-0.15, -0.1) is 0 Å². The molecule has 0 aliphatic carbocycles. The number of aliphatic hydroxyl groups is 1. The average molecular weight is 260 g/mol. The van der Waals surface area contributed by atoms with Gasteiger partial charge in [-0.25, -0.2) is 14.8 Å². The maximum Gasteiger partial charge on any atom is 0.326 e. The standard InChI is InChI=1S/C9H10ClN3O4/c10-7-4-11-6(3-12-7)8(15)13-5(1-2-14)9(16)17/h3-5,14H,1-2H2,(H,13,15)(H,16,17)/t5-/m1/s1. The van der Waals surface area contributed by atoms with E-state index < -0.39 is 17.9 Å². The van der Waals surface area contributed by atoms with Crippen molar-refractivity contribution < 1.29 is 19.8 Å². The summed E-state index contributed by atoms with van der Waals surface area (Å²) >= 11 is 5.49. The number of hydrogen-bond acceptors (Lipinski definition) is 5. The number of rotatable bonds is 5. The van der Waals surface area contributed by atoms with E-state index in [2.05, 4.69) is 15.3 Å². The lowest BCUT2D eigenvalue weighted by atomic mass is 10.2. The summed E-state index contributed by atoms with van der Waals surface area (Å²) in [5.74, 6) is -1.91. The van der Waals surface area contributed by atoms with Crippen molar-refractivity contribution in [3.05, 3.63) is 23.2 Å². The van der Waals surface area contributed by atoms with Crippen LogP contribution in [-0.4, -0.2) is 44.7 Å². The Morgan fingerprint density at radius 1 is 1.41 bits per heavy atom. The number of halogens is 1. The molecule has 0 spiro atoms. The molecule has 1 rings (SSSR count). The summed E-state index contributed by atoms with van der Waals surface area (Å²) in [4.78, 5) is 29.6. The van der Waals surface area contributed by atoms with Crippen molar-refractivity contribution in [1.29, 1.82) is 0 Å². The lowest BCUT2D eigenvalue weighted by Crippen LogP contribution is -2.41. The fraction of sp³-hybridized carbons (Fsp3) is 0.333. The third kappa shape index (κ3) is 3.97. The van der Waals surface area contributed by atoms with Crippen LogP contribution in [0.3, 0.4) is 0 Å². The highest BCUT2D eigenvalue weighted by atomic mass is 35.5. The zero-order valence-corrected chi connectivity index (χ0v) is 9.39. The van der Waals surface area contributed by atoms with E-state index in [-0.39, 0.29) is 23.9 Å². The predicted molar refractivity (Wildman–Crippen MR) is 57.6 cm³/mol. The number of carbonyl (C=O) groups is 2. The molecule has 0 aromatic carbocycles. The van der Waals surface area contributed by atoms with Crippen LogP contribution in [0.1, 0.15) is 16.9 Å². The Bertz CT molecular complexity index is 409. The largest absolute Gasteiger partial charge is 0.480 e. The van der Waals surface area contributed by atoms with Gasteiger partial charge in [-0.2, -0.15) is 0 Å². The van der Waals surface area contributed by atoms with Gasteiger partial charge < -0.3 is 15.5 Å². The molecule has 7 nitrogen and oxygen atoms in total. The minimum atomic E-state index is -1.23. The van der Waals surface area contributed by atoms with Crippen LogP contribution in [0.5, 0.6) is 0 Å². The highest BCUT2D eigenvalue weighted by Gasteiger charge is 2.20. The van der Waals surface area contributed by atoms with Gasteiger partial charge in [0.25, 0.3) is 5.91 Å². The molecular formula is C9H10ClN3O4. The van der Waals surface area contributed by atoms with Gasteiger partial charge in [-0.05, 0) is 0 Å². The van der Waals surface area contributed by atoms with E-state index in [1.54, 1.807) is 0 Å². The fourth-order valence-corrected chi connectivity index (χ4v) is 1.15. The molecule has 0 unspecified atom stereocenters. The first-order chi connectivity index (χ1) is 8.04. The zero-order valence-electron chi connectivity index (χ0n) is 8.63. The number of aromatic nitrogens is 2. The molecule has 0 fully saturated rings. The Morgan fingerprint density at radius 2 is 2.12 bits per heavy atom. The van der Waals surface area contributed by atoms with Gasteiger partial charge in [0.05, 0.1) is 12.4 Å². The zero-order chi connectivity index (χ0) is 12.8. The third-order valence-corrected chi connectivity index (χ3v) is 2.07. The van der Waals surface area contributed by atoms with Gasteiger partial charge in [-0.3, -0.25) is 4.79 Å². The molecule has 17 heavy (non-hydrogen) atoms. The van der Waals surface area contributed by atoms with Gasteiger partial charge in [-0.1, -0.05) is 11.6 Å². The van der Waals surface area contributed by atoms with Gasteiger partial charge in [0.15, 0.2) is 0 Å². The number of carbonyl (C=O) groups excluding carboxylic acids is 1. The van der Waals surface area contributed by atoms with Crippen molar-refractivity contribution in [3.63, 3.8) is 0 Å². The lowest BCUT2D eigenvalue weighted by molar-refractivity contribution is -0.139. The first-order valence-corrected chi connectivity index (χ1v) is 5.04. The first-order valence-electron chi connectivity index (χ1n) is 4.66. The first kappa shape index (κ1) is 13.3. The summed E-state index contributed by atoms with van der Waals surface area (Å²) in [6.07, 6.45) is 2.23. The van der Waals surface area contributed by atoms with Crippen molar-refractivity contribution in [1.82, 2.24) is 15.3 Å². The highest BCUT2D eigenvalue weighted by molar-refractivity contribution is 6.29. The summed E-state index contributed by atoms with van der Waals surface area (Å²) in [6.45, 7) is -0.344. The van der Waals surface area contributed by atoms with E-state index in [1.165, 1.54) is 6.20 Å². The van der Waals surface area contributed by atoms with Crippen molar-refractivity contribution in [3.8, 4) is 0 Å². The third-order valence-electron chi connectivity index (χ3n) is 1.87. The van der Waals surface area contributed by atoms with Gasteiger partial charge in [0.2, 0.25) is 0 Å². The molecule has 1 aromatic rings. The summed E-state index contributed by atoms with van der Waals surface area (Å²) in [7, 11) is 0. The molecule has 0 aliphatic rings. The van der Waals surface area contributed by atoms with Crippen LogP contribution < -0.4 is 5.32 Å². The Morgan fingerprint density at radius 3 is 2.59 bits per heavy atom. The normalized spacial score (nSPS) is 11.9. The van der Waals surface area contributed by atoms with Gasteiger partial charge >= 0.3 is 5.97 Å². The molecule has 1 heterocycles. The summed E-state index contributed by atoms with van der Waals surface area (Å²) < 4.78 is 0. The summed E-state index contributed by atoms with van der Waals surface area (Å²) in [6, 6.07) is -1.16. The SMILES string of the molecule is O=C(N[C@H](CCO)C(=O)O)c1cnc(Cl)cn1. The number of amides is 1. The number of aliphatic carboxylic acids is 1. The van der Waals surface area contributed by atoms with E-state index in [0.717, 1.165) is 6.20 Å². The predicted octanol–water partition coefficient (Wildman–Crippen LogP) is -0.305. The van der Waals surface area contributed by atoms with Crippen LogP contribution in [0, 0.1) is 0 Å². The van der Waals surface area contributed by atoms with E-state index in [1.807, 2.05) is 0 Å². The maximum absolute atomic E-state index is 11.5. The van der Waals surface area contributed by atoms with Crippen LogP contribution in [0.2, 0.25) is 5.15 Å². The molecule has 0 bridgehead atoms. The number of nitrogens with one attached hydrogen (secondary N) is 1. The Hall–Kier alpha value is -1.73. The Kier molecular flexibility index (Phi) is 4.80. The molecule has 3 N–H and O–H groups in total. The monoisotopic (exact) mass is 259 g/mol. The number of carboxylic acids is 1. The molecule has 8 heteroatoms. The molecular weight excluding hydrogens is 250 g/mol. The molecule has 0 radical (unpaired) electrons. The van der Waals surface area contributed by atoms with E-state index >= 15 is 0 Å². The molecule has 1 atom stereocenters. The fourth-order valence-electron chi connectivity index (χ4n) is 1.05. The van der Waals surface area contributed by atoms with Crippen molar-refractivity contribution in [2.45, 2.75) is 12.5 Å². The van der Waals surface area contributed by atoms with Crippen molar-refractivity contribution >= 4 is 23.5 Å². The van der Waals surface area contributed by atoms with Gasteiger partial charge in [0, 0.05) is 13.0 Å². The second-order valence-corrected chi connectivity index (χ2v) is 3.49. The van der Waals surface area contributed by atoms with Crippen molar-refractivity contribution in [2.24, 2.45) is 0 Å². The molecule has 1 aromatic heterocycles. The molecule has 0 saturated heterocycles. The summed E-state index contributed by atoms with van der Waals surface area (Å²) in [5, 5.41) is 19.7. The van der Waals surface area contributed by atoms with Crippen LogP contribution >= 0.6 is 11.6 Å². The minimum Gasteiger partial charge on any atom is -0.480 e. The number of carboxylic acid groups (broad SMARTS) is 1. The number of hydrogen-bond donors (Lipinski definition) is 3. The van der Waals surface area contributed by atoms with Crippen LogP contribution in [0.15, 0.2) is 12.4 Å². The van der Waals surface area contributed by atoms with E-state index in [9.17, 15) is 9.59 Å². The topological polar surface area (TPSA) is 112 Å². The van der Waals surface area contributed by atoms with Crippen LogP contribution in [0.25, 0.3) is 0 Å². The highest BCUT2D eigenvalue weighted by Crippen LogP contribution is 2.02. The van der Waals surface area contributed by atoms with E-state index in [0.29, 0.717) is 0 Å². The second kappa shape index (κ2) is 6.12. The van der Waals surface area contributed by atoms with Crippen LogP contribution in [0.4, 0.5) is 0 Å². The van der Waals surface area contributed by atoms with Crippen molar-refractivity contribution in [2.75, 3.05) is 6.61 Å². The number of aliphatic hydroxyl groups excluding tert-OH is 1. The Labute approximate surface area is 101 Å². The maximum atomic E-state index is 11.5. The average Bonchev–Trinajstić information content (AvgIpc) is 2.29. The van der Waals surface area contributed by atoms with Gasteiger partial charge in [0.1, 0.15) is 16.9 Å².